The number of aromatic nitrogens is 4. The average molecular weight is 325 g/mol. The Morgan fingerprint density at radius 1 is 1.41 bits per heavy atom. The van der Waals surface area contributed by atoms with Crippen molar-refractivity contribution in [2.75, 3.05) is 6.54 Å². The fraction of sp³-hybridized carbons (Fsp3) is 0.615. The molecule has 8 nitrogen and oxygen atoms in total. The van der Waals surface area contributed by atoms with Crippen LogP contribution in [0.2, 0.25) is 0 Å². The third kappa shape index (κ3) is 3.05. The summed E-state index contributed by atoms with van der Waals surface area (Å²) in [5.41, 5.74) is 0.429. The molecule has 1 aliphatic rings. The first-order valence-electron chi connectivity index (χ1n) is 7.22. The first-order chi connectivity index (χ1) is 10.5. The predicted molar refractivity (Wildman–Crippen MR) is 78.4 cm³/mol. The van der Waals surface area contributed by atoms with Gasteiger partial charge in [-0.05, 0) is 26.7 Å². The van der Waals surface area contributed by atoms with Gasteiger partial charge in [0, 0.05) is 18.7 Å². The van der Waals surface area contributed by atoms with E-state index < -0.39 is 10.0 Å². The second kappa shape index (κ2) is 5.81. The zero-order valence-electron chi connectivity index (χ0n) is 12.6. The molecule has 1 aliphatic heterocycles. The molecule has 0 N–H and O–H groups in total. The Bertz CT molecular complexity index is 738. The third-order valence-electron chi connectivity index (χ3n) is 3.85. The Morgan fingerprint density at radius 3 is 2.86 bits per heavy atom. The van der Waals surface area contributed by atoms with Crippen molar-refractivity contribution < 1.29 is 12.9 Å². The highest BCUT2D eigenvalue weighted by atomic mass is 32.2. The smallest absolute Gasteiger partial charge is 0.220 e. The molecule has 0 spiro atoms. The molecular formula is C13H19N5O3S. The summed E-state index contributed by atoms with van der Waals surface area (Å²) < 4.78 is 33.2. The fourth-order valence-electron chi connectivity index (χ4n) is 2.87. The average Bonchev–Trinajstić information content (AvgIpc) is 3.13. The molecule has 120 valence electrons. The van der Waals surface area contributed by atoms with Crippen LogP contribution in [0.3, 0.4) is 0 Å². The molecule has 3 rings (SSSR count). The van der Waals surface area contributed by atoms with Crippen LogP contribution in [0.4, 0.5) is 0 Å². The lowest BCUT2D eigenvalue weighted by Gasteiger charge is -2.23. The zero-order chi connectivity index (χ0) is 15.7. The van der Waals surface area contributed by atoms with E-state index in [1.54, 1.807) is 15.1 Å². The molecule has 1 atom stereocenters. The Hall–Kier alpha value is -1.74. The van der Waals surface area contributed by atoms with Crippen LogP contribution in [0.15, 0.2) is 16.9 Å². The van der Waals surface area contributed by atoms with Crippen LogP contribution in [0.5, 0.6) is 0 Å². The first kappa shape index (κ1) is 15.2. The number of nitrogens with zero attached hydrogens (tertiary/aromatic N) is 5. The highest BCUT2D eigenvalue weighted by molar-refractivity contribution is 7.88. The second-order valence-electron chi connectivity index (χ2n) is 5.54. The summed E-state index contributed by atoms with van der Waals surface area (Å²) in [6, 6.07) is 1.49. The van der Waals surface area contributed by atoms with Gasteiger partial charge in [0.25, 0.3) is 0 Å². The molecule has 0 amide bonds. The SMILES string of the molecule is Cc1nc(C)n(CC2CCCN2S(=O)(=O)Cc2ccon2)n1. The summed E-state index contributed by atoms with van der Waals surface area (Å²) in [7, 11) is -3.41. The van der Waals surface area contributed by atoms with Gasteiger partial charge in [0.05, 0.1) is 12.2 Å². The quantitative estimate of drug-likeness (QED) is 0.810. The van der Waals surface area contributed by atoms with E-state index in [-0.39, 0.29) is 11.8 Å². The van der Waals surface area contributed by atoms with Crippen molar-refractivity contribution in [3.05, 3.63) is 29.7 Å². The van der Waals surface area contributed by atoms with Gasteiger partial charge in [-0.25, -0.2) is 18.1 Å². The van der Waals surface area contributed by atoms with E-state index in [0.29, 0.717) is 24.6 Å². The Morgan fingerprint density at radius 2 is 2.23 bits per heavy atom. The monoisotopic (exact) mass is 325 g/mol. The summed E-state index contributed by atoms with van der Waals surface area (Å²) in [5, 5.41) is 8.01. The summed E-state index contributed by atoms with van der Waals surface area (Å²) in [6.45, 7) is 4.78. The van der Waals surface area contributed by atoms with E-state index in [1.807, 2.05) is 13.8 Å². The summed E-state index contributed by atoms with van der Waals surface area (Å²) in [4.78, 5) is 4.26. The highest BCUT2D eigenvalue weighted by Gasteiger charge is 2.35. The molecule has 0 saturated carbocycles. The standard InChI is InChI=1S/C13H19N5O3S/c1-10-14-11(2)17(15-10)8-13-4-3-6-18(13)22(19,20)9-12-5-7-21-16-12/h5,7,13H,3-4,6,8-9H2,1-2H3. The van der Waals surface area contributed by atoms with Crippen LogP contribution in [-0.2, 0) is 22.3 Å². The highest BCUT2D eigenvalue weighted by Crippen LogP contribution is 2.24. The van der Waals surface area contributed by atoms with Crippen molar-refractivity contribution in [2.24, 2.45) is 0 Å². The van der Waals surface area contributed by atoms with Gasteiger partial charge >= 0.3 is 0 Å². The molecular weight excluding hydrogens is 306 g/mol. The molecule has 9 heteroatoms. The second-order valence-corrected chi connectivity index (χ2v) is 7.46. The maximum Gasteiger partial charge on any atom is 0.220 e. The number of hydrogen-bond acceptors (Lipinski definition) is 6. The van der Waals surface area contributed by atoms with Crippen LogP contribution >= 0.6 is 0 Å². The maximum atomic E-state index is 12.6. The lowest BCUT2D eigenvalue weighted by molar-refractivity contribution is 0.336. The minimum Gasteiger partial charge on any atom is -0.364 e. The maximum absolute atomic E-state index is 12.6. The van der Waals surface area contributed by atoms with Crippen molar-refractivity contribution in [1.82, 2.24) is 24.2 Å². The van der Waals surface area contributed by atoms with E-state index in [2.05, 4.69) is 15.2 Å². The van der Waals surface area contributed by atoms with Crippen molar-refractivity contribution in [3.63, 3.8) is 0 Å². The van der Waals surface area contributed by atoms with Gasteiger partial charge < -0.3 is 4.52 Å². The van der Waals surface area contributed by atoms with Crippen molar-refractivity contribution in [3.8, 4) is 0 Å². The minimum atomic E-state index is -3.41. The molecule has 22 heavy (non-hydrogen) atoms. The minimum absolute atomic E-state index is 0.0864. The van der Waals surface area contributed by atoms with Crippen LogP contribution in [-0.4, -0.2) is 45.2 Å². The van der Waals surface area contributed by atoms with E-state index >= 15 is 0 Å². The van der Waals surface area contributed by atoms with Crippen molar-refractivity contribution in [2.45, 2.75) is 45.0 Å². The molecule has 0 aliphatic carbocycles. The van der Waals surface area contributed by atoms with E-state index in [1.165, 1.54) is 6.26 Å². The zero-order valence-corrected chi connectivity index (χ0v) is 13.5. The van der Waals surface area contributed by atoms with Gasteiger partial charge in [-0.2, -0.15) is 9.40 Å². The third-order valence-corrected chi connectivity index (χ3v) is 5.70. The first-order valence-corrected chi connectivity index (χ1v) is 8.83. The molecule has 2 aromatic rings. The molecule has 2 aromatic heterocycles. The van der Waals surface area contributed by atoms with Gasteiger partial charge in [-0.1, -0.05) is 5.16 Å². The predicted octanol–water partition coefficient (Wildman–Crippen LogP) is 0.877. The van der Waals surface area contributed by atoms with Gasteiger partial charge in [0.2, 0.25) is 10.0 Å². The van der Waals surface area contributed by atoms with Gasteiger partial charge in [-0.3, -0.25) is 0 Å². The number of sulfonamides is 1. The van der Waals surface area contributed by atoms with Crippen molar-refractivity contribution >= 4 is 10.0 Å². The molecule has 1 saturated heterocycles. The number of hydrogen-bond donors (Lipinski definition) is 0. The summed E-state index contributed by atoms with van der Waals surface area (Å²) >= 11 is 0. The van der Waals surface area contributed by atoms with Crippen LogP contribution in [0, 0.1) is 13.8 Å². The van der Waals surface area contributed by atoms with Gasteiger partial charge in [-0.15, -0.1) is 0 Å². The van der Waals surface area contributed by atoms with Crippen molar-refractivity contribution in [1.29, 1.82) is 0 Å². The fourth-order valence-corrected chi connectivity index (χ4v) is 4.60. The Balaban J connectivity index is 1.76. The normalized spacial score (nSPS) is 19.8. The van der Waals surface area contributed by atoms with E-state index in [4.69, 9.17) is 4.52 Å². The molecule has 0 bridgehead atoms. The number of aryl methyl sites for hydroxylation is 2. The van der Waals surface area contributed by atoms with Gasteiger partial charge in [0.1, 0.15) is 23.7 Å². The van der Waals surface area contributed by atoms with Gasteiger partial charge in [0.15, 0.2) is 0 Å². The molecule has 0 radical (unpaired) electrons. The lowest BCUT2D eigenvalue weighted by atomic mass is 10.2. The topological polar surface area (TPSA) is 94.1 Å². The van der Waals surface area contributed by atoms with E-state index in [9.17, 15) is 8.42 Å². The van der Waals surface area contributed by atoms with Crippen LogP contribution < -0.4 is 0 Å². The van der Waals surface area contributed by atoms with Crippen LogP contribution in [0.1, 0.15) is 30.2 Å². The largest absolute Gasteiger partial charge is 0.364 e. The Labute approximate surface area is 129 Å². The number of rotatable bonds is 5. The molecule has 1 fully saturated rings. The molecule has 1 unspecified atom stereocenters. The van der Waals surface area contributed by atoms with E-state index in [0.717, 1.165) is 18.7 Å². The summed E-state index contributed by atoms with van der Waals surface area (Å²) in [5.74, 6) is 1.38. The molecule has 3 heterocycles. The molecule has 0 aromatic carbocycles. The Kier molecular flexibility index (Phi) is 4.00. The lowest BCUT2D eigenvalue weighted by Crippen LogP contribution is -2.39. The van der Waals surface area contributed by atoms with Crippen LogP contribution in [0.25, 0.3) is 0 Å². The summed E-state index contributed by atoms with van der Waals surface area (Å²) in [6.07, 6.45) is 3.07.